The highest BCUT2D eigenvalue weighted by Crippen LogP contribution is 2.33. The fraction of sp³-hybridized carbons (Fsp3) is 0.375. The third kappa shape index (κ3) is 2.34. The second-order valence-corrected chi connectivity index (χ2v) is 5.93. The fourth-order valence-electron chi connectivity index (χ4n) is 3.49. The molecule has 0 aliphatic carbocycles. The second-order valence-electron chi connectivity index (χ2n) is 5.93. The molecule has 0 saturated carbocycles. The average Bonchev–Trinajstić information content (AvgIpc) is 3.09. The van der Waals surface area contributed by atoms with Gasteiger partial charge in [0.2, 0.25) is 5.95 Å². The van der Waals surface area contributed by atoms with Crippen molar-refractivity contribution in [1.29, 1.82) is 0 Å². The Morgan fingerprint density at radius 3 is 2.48 bits per heavy atom. The van der Waals surface area contributed by atoms with E-state index in [1.54, 1.807) is 12.4 Å². The first kappa shape index (κ1) is 12.6. The third-order valence-electron chi connectivity index (χ3n) is 4.50. The number of anilines is 2. The molecule has 5 heteroatoms. The highest BCUT2D eigenvalue weighted by atomic mass is 15.4. The predicted octanol–water partition coefficient (Wildman–Crippen LogP) is 1.52. The Labute approximate surface area is 124 Å². The Bertz CT molecular complexity index is 612. The molecular formula is C16H19N5. The van der Waals surface area contributed by atoms with Crippen LogP contribution in [0.4, 0.5) is 11.6 Å². The number of nitrogens with zero attached hydrogens (tertiary/aromatic N) is 4. The molecule has 1 aromatic carbocycles. The van der Waals surface area contributed by atoms with Gasteiger partial charge in [-0.2, -0.15) is 0 Å². The van der Waals surface area contributed by atoms with E-state index in [1.807, 2.05) is 0 Å². The van der Waals surface area contributed by atoms with Gasteiger partial charge in [-0.1, -0.05) is 30.3 Å². The number of hydrogen-bond donors (Lipinski definition) is 1. The maximum Gasteiger partial charge on any atom is 0.225 e. The number of fused-ring (bicyclic) bond motifs is 2. The van der Waals surface area contributed by atoms with Gasteiger partial charge in [0.15, 0.2) is 0 Å². The van der Waals surface area contributed by atoms with Crippen molar-refractivity contribution in [2.24, 2.45) is 0 Å². The molecule has 108 valence electrons. The first-order valence-corrected chi connectivity index (χ1v) is 7.42. The van der Waals surface area contributed by atoms with Crippen molar-refractivity contribution in [2.45, 2.75) is 25.0 Å². The largest absolute Gasteiger partial charge is 0.396 e. The van der Waals surface area contributed by atoms with Gasteiger partial charge in [-0.25, -0.2) is 9.97 Å². The van der Waals surface area contributed by atoms with Crippen molar-refractivity contribution in [2.75, 3.05) is 23.7 Å². The van der Waals surface area contributed by atoms with Crippen LogP contribution in [0.2, 0.25) is 0 Å². The number of benzene rings is 1. The molecular weight excluding hydrogens is 262 g/mol. The Morgan fingerprint density at radius 1 is 1.05 bits per heavy atom. The zero-order valence-electron chi connectivity index (χ0n) is 11.9. The van der Waals surface area contributed by atoms with Crippen molar-refractivity contribution >= 4 is 11.6 Å². The van der Waals surface area contributed by atoms with Crippen molar-refractivity contribution in [3.63, 3.8) is 0 Å². The van der Waals surface area contributed by atoms with E-state index in [4.69, 9.17) is 5.73 Å². The molecule has 3 heterocycles. The van der Waals surface area contributed by atoms with Crippen LogP contribution in [0, 0.1) is 0 Å². The van der Waals surface area contributed by atoms with E-state index >= 15 is 0 Å². The van der Waals surface area contributed by atoms with E-state index in [0.717, 1.165) is 25.6 Å². The van der Waals surface area contributed by atoms with Crippen molar-refractivity contribution in [1.82, 2.24) is 14.9 Å². The molecule has 2 fully saturated rings. The number of aromatic nitrogens is 2. The van der Waals surface area contributed by atoms with Gasteiger partial charge in [0.1, 0.15) is 0 Å². The van der Waals surface area contributed by atoms with Gasteiger partial charge in [0.25, 0.3) is 0 Å². The number of hydrogen-bond acceptors (Lipinski definition) is 5. The van der Waals surface area contributed by atoms with E-state index < -0.39 is 0 Å². The molecule has 2 atom stereocenters. The highest BCUT2D eigenvalue weighted by molar-refractivity contribution is 5.41. The lowest BCUT2D eigenvalue weighted by Gasteiger charge is -2.34. The van der Waals surface area contributed by atoms with Gasteiger partial charge in [-0.3, -0.25) is 4.90 Å². The molecule has 2 aliphatic heterocycles. The Hall–Kier alpha value is -2.14. The number of nitrogen functional groups attached to an aromatic ring is 1. The van der Waals surface area contributed by atoms with Crippen molar-refractivity contribution in [3.05, 3.63) is 48.3 Å². The van der Waals surface area contributed by atoms with Crippen LogP contribution in [0.25, 0.3) is 0 Å². The monoisotopic (exact) mass is 281 g/mol. The molecule has 2 N–H and O–H groups in total. The van der Waals surface area contributed by atoms with Crippen LogP contribution in [0.5, 0.6) is 0 Å². The lowest BCUT2D eigenvalue weighted by molar-refractivity contribution is 0.229. The molecule has 4 rings (SSSR count). The van der Waals surface area contributed by atoms with Gasteiger partial charge >= 0.3 is 0 Å². The van der Waals surface area contributed by atoms with Gasteiger partial charge < -0.3 is 10.6 Å². The second kappa shape index (κ2) is 5.00. The van der Waals surface area contributed by atoms with E-state index in [-0.39, 0.29) is 0 Å². The van der Waals surface area contributed by atoms with E-state index in [9.17, 15) is 0 Å². The molecule has 2 unspecified atom stereocenters. The Morgan fingerprint density at radius 2 is 1.81 bits per heavy atom. The molecule has 21 heavy (non-hydrogen) atoms. The van der Waals surface area contributed by atoms with Gasteiger partial charge in [0, 0.05) is 31.7 Å². The minimum atomic E-state index is 0.530. The van der Waals surface area contributed by atoms with Crippen LogP contribution >= 0.6 is 0 Å². The summed E-state index contributed by atoms with van der Waals surface area (Å²) in [5.74, 6) is 0.816. The summed E-state index contributed by atoms with van der Waals surface area (Å²) in [5, 5.41) is 0. The summed E-state index contributed by atoms with van der Waals surface area (Å²) in [6.45, 7) is 3.15. The highest BCUT2D eigenvalue weighted by Gasteiger charge is 2.43. The number of likely N-dealkylation sites (tertiary alicyclic amines) is 1. The van der Waals surface area contributed by atoms with E-state index in [1.165, 1.54) is 12.0 Å². The normalized spacial score (nSPS) is 24.7. The zero-order valence-corrected chi connectivity index (χ0v) is 11.9. The lowest BCUT2D eigenvalue weighted by Crippen LogP contribution is -2.46. The summed E-state index contributed by atoms with van der Waals surface area (Å²) >= 11 is 0. The van der Waals surface area contributed by atoms with Crippen LogP contribution in [-0.4, -0.2) is 40.0 Å². The first-order valence-electron chi connectivity index (χ1n) is 7.42. The van der Waals surface area contributed by atoms with Crippen LogP contribution < -0.4 is 10.6 Å². The van der Waals surface area contributed by atoms with Gasteiger partial charge in [0.05, 0.1) is 18.1 Å². The molecule has 2 aromatic rings. The lowest BCUT2D eigenvalue weighted by atomic mass is 10.2. The summed E-state index contributed by atoms with van der Waals surface area (Å²) in [4.78, 5) is 13.6. The zero-order chi connectivity index (χ0) is 14.2. The van der Waals surface area contributed by atoms with Gasteiger partial charge in [-0.05, 0) is 12.0 Å². The van der Waals surface area contributed by atoms with E-state index in [0.29, 0.717) is 17.8 Å². The Kier molecular flexibility index (Phi) is 3.00. The molecule has 2 saturated heterocycles. The fourth-order valence-corrected chi connectivity index (χ4v) is 3.49. The van der Waals surface area contributed by atoms with Crippen LogP contribution in [0.3, 0.4) is 0 Å². The number of rotatable bonds is 3. The van der Waals surface area contributed by atoms with Gasteiger partial charge in [-0.15, -0.1) is 0 Å². The third-order valence-corrected chi connectivity index (χ3v) is 4.50. The summed E-state index contributed by atoms with van der Waals surface area (Å²) in [7, 11) is 0. The van der Waals surface area contributed by atoms with Crippen LogP contribution in [0.1, 0.15) is 12.0 Å². The molecule has 0 radical (unpaired) electrons. The van der Waals surface area contributed by atoms with Crippen LogP contribution in [0.15, 0.2) is 42.7 Å². The molecule has 2 bridgehead atoms. The Balaban J connectivity index is 1.45. The van der Waals surface area contributed by atoms with E-state index in [2.05, 4.69) is 50.1 Å². The minimum Gasteiger partial charge on any atom is -0.396 e. The van der Waals surface area contributed by atoms with Crippen LogP contribution in [-0.2, 0) is 6.54 Å². The number of piperazine rings is 1. The average molecular weight is 281 g/mol. The summed E-state index contributed by atoms with van der Waals surface area (Å²) in [6.07, 6.45) is 4.59. The minimum absolute atomic E-state index is 0.530. The topological polar surface area (TPSA) is 58.3 Å². The molecule has 0 spiro atoms. The summed E-state index contributed by atoms with van der Waals surface area (Å²) < 4.78 is 0. The predicted molar refractivity (Wildman–Crippen MR) is 82.8 cm³/mol. The summed E-state index contributed by atoms with van der Waals surface area (Å²) in [6, 6.07) is 11.8. The first-order chi connectivity index (χ1) is 10.3. The maximum absolute atomic E-state index is 5.66. The molecule has 0 amide bonds. The molecule has 5 nitrogen and oxygen atoms in total. The number of nitrogens with two attached hydrogens (primary N) is 1. The SMILES string of the molecule is Nc1cnc(N2CC3CC2CN3Cc2ccccc2)nc1. The molecule has 2 aliphatic rings. The smallest absolute Gasteiger partial charge is 0.225 e. The summed E-state index contributed by atoms with van der Waals surface area (Å²) in [5.41, 5.74) is 7.67. The maximum atomic E-state index is 5.66. The molecule has 1 aromatic heterocycles. The van der Waals surface area contributed by atoms with Crippen molar-refractivity contribution in [3.8, 4) is 0 Å². The standard InChI is InChI=1S/C16H19N5/c17-13-7-18-16(19-8-13)21-11-14-6-15(21)10-20(14)9-12-4-2-1-3-5-12/h1-5,7-8,14-15H,6,9-11,17H2. The quantitative estimate of drug-likeness (QED) is 0.924. The van der Waals surface area contributed by atoms with Crippen molar-refractivity contribution < 1.29 is 0 Å².